The van der Waals surface area contributed by atoms with Gasteiger partial charge in [-0.3, -0.25) is 24.6 Å². The van der Waals surface area contributed by atoms with Gasteiger partial charge in [-0.15, -0.1) is 11.8 Å². The number of amides is 5. The number of carbonyl (C=O) groups excluding carboxylic acids is 5. The van der Waals surface area contributed by atoms with E-state index in [2.05, 4.69) is 33.6 Å². The van der Waals surface area contributed by atoms with Gasteiger partial charge in [-0.1, -0.05) is 60.2 Å². The summed E-state index contributed by atoms with van der Waals surface area (Å²) >= 11 is 6.29. The van der Waals surface area contributed by atoms with Crippen LogP contribution in [0.4, 0.5) is 4.79 Å². The maximum atomic E-state index is 14.4. The van der Waals surface area contributed by atoms with Crippen LogP contribution in [-0.2, 0) is 23.9 Å². The highest BCUT2D eigenvalue weighted by molar-refractivity contribution is 8.20. The van der Waals surface area contributed by atoms with Gasteiger partial charge in [0.15, 0.2) is 0 Å². The lowest BCUT2D eigenvalue weighted by atomic mass is 9.49. The molecule has 0 aromatic carbocycles. The fourth-order valence-electron chi connectivity index (χ4n) is 6.24. The highest BCUT2D eigenvalue weighted by Gasteiger charge is 2.59. The van der Waals surface area contributed by atoms with Crippen LogP contribution in [0.1, 0.15) is 148 Å². The first-order valence-corrected chi connectivity index (χ1v) is 21.8. The Balaban J connectivity index is 0. The zero-order valence-corrected chi connectivity index (χ0v) is 39.5. The molecule has 0 aliphatic carbocycles. The second-order valence-corrected chi connectivity index (χ2v) is 19.2. The van der Waals surface area contributed by atoms with E-state index in [0.717, 1.165) is 0 Å². The molecular weight excluding hydrogens is 779 g/mol. The summed E-state index contributed by atoms with van der Waals surface area (Å²) in [5.74, 6) is -0.646. The van der Waals surface area contributed by atoms with Gasteiger partial charge < -0.3 is 25.4 Å². The molecule has 0 saturated heterocycles. The van der Waals surface area contributed by atoms with Gasteiger partial charge in [0.2, 0.25) is 23.6 Å². The molecule has 58 heavy (non-hydrogen) atoms. The third-order valence-corrected chi connectivity index (χ3v) is 11.9. The number of hydrogen-bond donors (Lipinski definition) is 5. The number of hydrogen-bond acceptors (Lipinski definition) is 11. The number of nitrogens with zero attached hydrogens (tertiary/aromatic N) is 3. The molecule has 5 N–H and O–H groups in total. The monoisotopic (exact) mass is 854 g/mol. The molecule has 0 spiro atoms. The zero-order chi connectivity index (χ0) is 45.6. The van der Waals surface area contributed by atoms with E-state index in [9.17, 15) is 39.6 Å². The van der Waals surface area contributed by atoms with Crippen molar-refractivity contribution < 1.29 is 33.8 Å². The second-order valence-electron chi connectivity index (χ2n) is 17.7. The van der Waals surface area contributed by atoms with Crippen molar-refractivity contribution >= 4 is 58.4 Å². The number of aliphatic hydroxyl groups excluding tert-OH is 1. The van der Waals surface area contributed by atoms with Crippen LogP contribution in [0.25, 0.3) is 0 Å². The minimum Gasteiger partial charge on any atom is -0.443 e. The van der Waals surface area contributed by atoms with Crippen LogP contribution in [0.2, 0.25) is 0 Å². The molecule has 5 amide bonds. The Labute approximate surface area is 359 Å². The van der Waals surface area contributed by atoms with Gasteiger partial charge in [-0.05, 0) is 92.4 Å². The quantitative estimate of drug-likeness (QED) is 0.0380. The van der Waals surface area contributed by atoms with Gasteiger partial charge in [-0.2, -0.15) is 10.5 Å². The molecule has 0 rings (SSSR count). The van der Waals surface area contributed by atoms with Gasteiger partial charge in [0, 0.05) is 55.4 Å². The molecule has 332 valence electrons. The summed E-state index contributed by atoms with van der Waals surface area (Å²) < 4.78 is 6.65. The van der Waals surface area contributed by atoms with Gasteiger partial charge in [-0.25, -0.2) is 10.2 Å². The van der Waals surface area contributed by atoms with E-state index in [0.29, 0.717) is 38.0 Å². The number of nitriles is 2. The van der Waals surface area contributed by atoms with E-state index in [-0.39, 0.29) is 62.9 Å². The number of ether oxygens (including phenoxy) is 1. The number of thioether (sulfide) groups is 1. The smallest absolute Gasteiger partial charge is 0.426 e. The molecule has 0 aliphatic rings. The maximum Gasteiger partial charge on any atom is 0.426 e. The Morgan fingerprint density at radius 1 is 0.845 bits per heavy atom. The van der Waals surface area contributed by atoms with Crippen molar-refractivity contribution in [2.75, 3.05) is 32.4 Å². The Hall–Kier alpha value is -3.47. The fourth-order valence-corrected chi connectivity index (χ4v) is 7.01. The molecule has 0 heterocycles. The largest absolute Gasteiger partial charge is 0.443 e. The van der Waals surface area contributed by atoms with E-state index in [1.54, 1.807) is 79.0 Å². The summed E-state index contributed by atoms with van der Waals surface area (Å²) in [5, 5.41) is 36.5. The molecule has 0 aromatic heterocycles. The minimum atomic E-state index is -1.39. The van der Waals surface area contributed by atoms with Crippen molar-refractivity contribution in [3.8, 4) is 12.1 Å². The summed E-state index contributed by atoms with van der Waals surface area (Å²) in [7, 11) is 1.70. The van der Waals surface area contributed by atoms with E-state index in [1.165, 1.54) is 11.8 Å². The topological polar surface area (TPSA) is 214 Å². The Bertz CT molecular complexity index is 1440. The molecule has 0 radical (unpaired) electrons. The summed E-state index contributed by atoms with van der Waals surface area (Å²) in [6.45, 7) is 23.9. The molecular formula is C42H75N7O7S2. The molecule has 4 atom stereocenters. The Kier molecular flexibility index (Phi) is 25.3. The fraction of sp³-hybridized carbons (Fsp3) is 0.810. The molecule has 16 heteroatoms. The first kappa shape index (κ1) is 56.6. The summed E-state index contributed by atoms with van der Waals surface area (Å²) in [6.07, 6.45) is 0.998. The number of rotatable bonds is 24. The molecule has 0 aliphatic heterocycles. The first-order chi connectivity index (χ1) is 26.7. The standard InChI is InChI=1S/C40H69N7O7S2.C2H6/c1-29(48)24-44-33(52)40(11,37(7,8)39(10,27-42)18-17-31(50)47(12)22-23-56-28-55)25-38(9,20-19-36(5,6)26-41)32(51)43-21-15-13-14-16-30(49)45-46-34(53)54-35(2,3)4;1-2/h28-29,48H,13-25H2,1-12H3,(H,43,51)(H,44,52)(H,45,49)(H,46,53);1-2H3. The van der Waals surface area contributed by atoms with Gasteiger partial charge >= 0.3 is 6.09 Å². The van der Waals surface area contributed by atoms with Gasteiger partial charge in [0.25, 0.3) is 0 Å². The zero-order valence-electron chi connectivity index (χ0n) is 37.9. The third-order valence-electron chi connectivity index (χ3n) is 10.9. The van der Waals surface area contributed by atoms with Crippen molar-refractivity contribution in [1.29, 1.82) is 10.5 Å². The number of hydrazine groups is 1. The van der Waals surface area contributed by atoms with E-state index >= 15 is 0 Å². The van der Waals surface area contributed by atoms with E-state index < -0.39 is 50.8 Å². The number of thiocarbonyl (C=S) groups is 1. The molecule has 14 nitrogen and oxygen atoms in total. The number of carbonyl (C=O) groups is 5. The van der Waals surface area contributed by atoms with Gasteiger partial charge in [0.1, 0.15) is 5.60 Å². The second kappa shape index (κ2) is 25.9. The lowest BCUT2D eigenvalue weighted by Crippen LogP contribution is -2.58. The lowest BCUT2D eigenvalue weighted by Gasteiger charge is -2.53. The van der Waals surface area contributed by atoms with E-state index in [4.69, 9.17) is 17.0 Å². The van der Waals surface area contributed by atoms with Crippen molar-refractivity contribution in [3.63, 3.8) is 0 Å². The van der Waals surface area contributed by atoms with Crippen molar-refractivity contribution in [2.24, 2.45) is 27.1 Å². The predicted molar refractivity (Wildman–Crippen MR) is 235 cm³/mol. The lowest BCUT2D eigenvalue weighted by molar-refractivity contribution is -0.151. The summed E-state index contributed by atoms with van der Waals surface area (Å²) in [5.41, 5.74) is -1.87. The maximum absolute atomic E-state index is 14.4. The Morgan fingerprint density at radius 2 is 1.45 bits per heavy atom. The highest BCUT2D eigenvalue weighted by Crippen LogP contribution is 2.58. The van der Waals surface area contributed by atoms with E-state index in [1.807, 2.05) is 27.7 Å². The molecule has 0 aromatic rings. The number of unbranched alkanes of at least 4 members (excludes halogenated alkanes) is 2. The normalized spacial score (nSPS) is 15.1. The third kappa shape index (κ3) is 19.5. The average molecular weight is 854 g/mol. The first-order valence-electron chi connectivity index (χ1n) is 20.3. The van der Waals surface area contributed by atoms with Crippen LogP contribution in [0, 0.1) is 49.7 Å². The molecule has 0 bridgehead atoms. The van der Waals surface area contributed by atoms with Crippen molar-refractivity contribution in [2.45, 2.75) is 160 Å². The summed E-state index contributed by atoms with van der Waals surface area (Å²) in [4.78, 5) is 67.4. The number of nitrogens with one attached hydrogen (secondary N) is 4. The SMILES string of the molecule is CC.CC(O)CNC(=O)C(C)(CC(C)(CCC(C)(C)C#N)C(=O)NCCCCCC(=O)NNC(=O)OC(C)(C)C)C(C)(C)C(C)(C#N)CCC(=O)N(C)CCSC=S. The van der Waals surface area contributed by atoms with Crippen molar-refractivity contribution in [1.82, 2.24) is 26.4 Å². The van der Waals surface area contributed by atoms with Crippen LogP contribution < -0.4 is 21.5 Å². The molecule has 0 saturated carbocycles. The average Bonchev–Trinajstić information content (AvgIpc) is 3.15. The van der Waals surface area contributed by atoms with Crippen LogP contribution in [0.15, 0.2) is 0 Å². The highest BCUT2D eigenvalue weighted by atomic mass is 32.2. The summed E-state index contributed by atoms with van der Waals surface area (Å²) in [6, 6.07) is 4.73. The number of aliphatic hydroxyl groups is 1. The molecule has 0 fully saturated rings. The van der Waals surface area contributed by atoms with Gasteiger partial charge in [0.05, 0.1) is 34.5 Å². The predicted octanol–water partition coefficient (Wildman–Crippen LogP) is 6.96. The van der Waals surface area contributed by atoms with Crippen LogP contribution in [0.3, 0.4) is 0 Å². The minimum absolute atomic E-state index is 0.00325. The molecule has 4 unspecified atom stereocenters. The van der Waals surface area contributed by atoms with Crippen molar-refractivity contribution in [3.05, 3.63) is 0 Å². The Morgan fingerprint density at radius 3 is 1.97 bits per heavy atom. The van der Waals surface area contributed by atoms with Crippen LogP contribution >= 0.6 is 24.0 Å². The van der Waals surface area contributed by atoms with Crippen LogP contribution in [-0.4, -0.2) is 88.6 Å². The van der Waals surface area contributed by atoms with Crippen LogP contribution in [0.5, 0.6) is 0 Å².